The van der Waals surface area contributed by atoms with E-state index in [0.717, 1.165) is 27.0 Å². The van der Waals surface area contributed by atoms with E-state index in [9.17, 15) is 0 Å². The van der Waals surface area contributed by atoms with Crippen LogP contribution in [0.5, 0.6) is 0 Å². The molecule has 0 spiro atoms. The van der Waals surface area contributed by atoms with E-state index >= 15 is 0 Å². The van der Waals surface area contributed by atoms with E-state index in [0.29, 0.717) is 0 Å². The highest BCUT2D eigenvalue weighted by molar-refractivity contribution is 9.10. The maximum Gasteiger partial charge on any atom is 0.0500 e. The summed E-state index contributed by atoms with van der Waals surface area (Å²) >= 11 is 9.54. The third kappa shape index (κ3) is 4.05. The highest BCUT2D eigenvalue weighted by Gasteiger charge is 2.11. The summed E-state index contributed by atoms with van der Waals surface area (Å²) in [7, 11) is 0. The van der Waals surface area contributed by atoms with Gasteiger partial charge in [0, 0.05) is 9.50 Å². The van der Waals surface area contributed by atoms with Crippen molar-refractivity contribution in [3.05, 3.63) is 68.7 Å². The molecule has 2 rings (SSSR count). The fourth-order valence-electron chi connectivity index (χ4n) is 2.09. The number of hydrogen-bond acceptors (Lipinski definition) is 2. The molecule has 0 aliphatic rings. The normalized spacial score (nSPS) is 12.4. The molecule has 19 heavy (non-hydrogen) atoms. The van der Waals surface area contributed by atoms with Gasteiger partial charge in [0.05, 0.1) is 6.04 Å². The van der Waals surface area contributed by atoms with E-state index in [1.165, 1.54) is 5.56 Å². The number of benzene rings is 2. The molecule has 0 heterocycles. The van der Waals surface area contributed by atoms with Gasteiger partial charge in [0.25, 0.3) is 0 Å². The molecule has 0 aromatic heterocycles. The van der Waals surface area contributed by atoms with Gasteiger partial charge in [-0.1, -0.05) is 45.7 Å². The molecule has 0 amide bonds. The highest BCUT2D eigenvalue weighted by Crippen LogP contribution is 2.23. The van der Waals surface area contributed by atoms with Crippen LogP contribution in [0.15, 0.2) is 46.9 Å². The Balaban J connectivity index is 2.22. The fourth-order valence-corrected chi connectivity index (χ4v) is 2.66. The molecule has 1 atom stereocenters. The lowest BCUT2D eigenvalue weighted by molar-refractivity contribution is 0.551. The summed E-state index contributed by atoms with van der Waals surface area (Å²) in [5, 5.41) is 0.742. The zero-order chi connectivity index (χ0) is 13.8. The first-order valence-corrected chi connectivity index (χ1v) is 7.23. The second-order valence-corrected chi connectivity index (χ2v) is 5.96. The van der Waals surface area contributed by atoms with E-state index in [-0.39, 0.29) is 6.04 Å². The van der Waals surface area contributed by atoms with E-state index in [4.69, 9.17) is 17.4 Å². The molecule has 2 aromatic carbocycles. The van der Waals surface area contributed by atoms with Crippen molar-refractivity contribution in [3.8, 4) is 0 Å². The second-order valence-electron chi connectivity index (χ2n) is 4.61. The molecule has 2 nitrogen and oxygen atoms in total. The van der Waals surface area contributed by atoms with Crippen LogP contribution in [0.25, 0.3) is 0 Å². The Hall–Kier alpha value is -0.870. The van der Waals surface area contributed by atoms with Gasteiger partial charge in [0.1, 0.15) is 0 Å². The Morgan fingerprint density at radius 3 is 2.47 bits per heavy atom. The van der Waals surface area contributed by atoms with Crippen LogP contribution in [-0.4, -0.2) is 0 Å². The van der Waals surface area contributed by atoms with Crippen LogP contribution in [0.1, 0.15) is 22.7 Å². The van der Waals surface area contributed by atoms with Crippen LogP contribution in [0, 0.1) is 6.92 Å². The third-order valence-electron chi connectivity index (χ3n) is 3.02. The minimum atomic E-state index is 0.0542. The van der Waals surface area contributed by atoms with Crippen molar-refractivity contribution in [3.63, 3.8) is 0 Å². The second kappa shape index (κ2) is 6.53. The van der Waals surface area contributed by atoms with Crippen molar-refractivity contribution >= 4 is 27.5 Å². The first kappa shape index (κ1) is 14.5. The summed E-state index contributed by atoms with van der Waals surface area (Å²) in [4.78, 5) is 0. The van der Waals surface area contributed by atoms with Crippen molar-refractivity contribution < 1.29 is 0 Å². The summed E-state index contributed by atoms with van der Waals surface area (Å²) in [6.45, 7) is 2.03. The Kier molecular flexibility index (Phi) is 4.99. The van der Waals surface area contributed by atoms with Gasteiger partial charge >= 0.3 is 0 Å². The average Bonchev–Trinajstić information content (AvgIpc) is 2.37. The summed E-state index contributed by atoms with van der Waals surface area (Å²) < 4.78 is 1.08. The number of halogens is 2. The van der Waals surface area contributed by atoms with Crippen molar-refractivity contribution in [2.45, 2.75) is 19.4 Å². The molecule has 0 radical (unpaired) electrons. The zero-order valence-electron chi connectivity index (χ0n) is 10.7. The smallest absolute Gasteiger partial charge is 0.0500 e. The number of nitrogens with one attached hydrogen (secondary N) is 1. The molecule has 0 aliphatic carbocycles. The standard InChI is InChI=1S/C15H16BrClN2/c1-10-6-12(9-14(17)7-10)15(19-18)8-11-2-4-13(16)5-3-11/h2-7,9,15,19H,8,18H2,1H3. The van der Waals surface area contributed by atoms with Crippen LogP contribution in [0.4, 0.5) is 0 Å². The number of hydrazine groups is 1. The highest BCUT2D eigenvalue weighted by atomic mass is 79.9. The van der Waals surface area contributed by atoms with Crippen molar-refractivity contribution in [2.24, 2.45) is 5.84 Å². The summed E-state index contributed by atoms with van der Waals surface area (Å²) in [5.41, 5.74) is 6.34. The van der Waals surface area contributed by atoms with Gasteiger partial charge in [-0.2, -0.15) is 0 Å². The third-order valence-corrected chi connectivity index (χ3v) is 3.77. The molecule has 0 bridgehead atoms. The predicted octanol–water partition coefficient (Wildman–Crippen LogP) is 4.16. The molecule has 2 aromatic rings. The summed E-state index contributed by atoms with van der Waals surface area (Å²) in [6, 6.07) is 14.3. The Morgan fingerprint density at radius 1 is 1.21 bits per heavy atom. The van der Waals surface area contributed by atoms with Crippen LogP contribution in [-0.2, 0) is 6.42 Å². The van der Waals surface area contributed by atoms with Crippen molar-refractivity contribution in [2.75, 3.05) is 0 Å². The summed E-state index contributed by atoms with van der Waals surface area (Å²) in [6.07, 6.45) is 0.823. The number of aryl methyl sites for hydroxylation is 1. The predicted molar refractivity (Wildman–Crippen MR) is 84.1 cm³/mol. The quantitative estimate of drug-likeness (QED) is 0.648. The van der Waals surface area contributed by atoms with E-state index < -0.39 is 0 Å². The van der Waals surface area contributed by atoms with Crippen molar-refractivity contribution in [1.82, 2.24) is 5.43 Å². The van der Waals surface area contributed by atoms with Gasteiger partial charge in [0.2, 0.25) is 0 Å². The zero-order valence-corrected chi connectivity index (χ0v) is 13.0. The average molecular weight is 340 g/mol. The van der Waals surface area contributed by atoms with E-state index in [1.807, 2.05) is 31.2 Å². The molecular weight excluding hydrogens is 324 g/mol. The Labute approximate surface area is 127 Å². The van der Waals surface area contributed by atoms with Crippen molar-refractivity contribution in [1.29, 1.82) is 0 Å². The number of hydrogen-bond donors (Lipinski definition) is 2. The van der Waals surface area contributed by atoms with Gasteiger partial charge in [0.15, 0.2) is 0 Å². The summed E-state index contributed by atoms with van der Waals surface area (Å²) in [5.74, 6) is 5.68. The van der Waals surface area contributed by atoms with Gasteiger partial charge in [-0.25, -0.2) is 0 Å². The maximum atomic E-state index is 6.10. The fraction of sp³-hybridized carbons (Fsp3) is 0.200. The first-order chi connectivity index (χ1) is 9.08. The number of nitrogens with two attached hydrogens (primary N) is 1. The molecule has 1 unspecified atom stereocenters. The van der Waals surface area contributed by atoms with Gasteiger partial charge in [-0.3, -0.25) is 11.3 Å². The van der Waals surface area contributed by atoms with Crippen LogP contribution in [0.3, 0.4) is 0 Å². The van der Waals surface area contributed by atoms with E-state index in [2.05, 4.69) is 39.6 Å². The van der Waals surface area contributed by atoms with Crippen LogP contribution >= 0.6 is 27.5 Å². The monoisotopic (exact) mass is 338 g/mol. The molecule has 100 valence electrons. The SMILES string of the molecule is Cc1cc(Cl)cc(C(Cc2ccc(Br)cc2)NN)c1. The van der Waals surface area contributed by atoms with Gasteiger partial charge < -0.3 is 0 Å². The first-order valence-electron chi connectivity index (χ1n) is 6.06. The lowest BCUT2D eigenvalue weighted by Gasteiger charge is -2.17. The minimum absolute atomic E-state index is 0.0542. The van der Waals surface area contributed by atoms with Gasteiger partial charge in [-0.05, 0) is 54.3 Å². The molecule has 0 aliphatic heterocycles. The van der Waals surface area contributed by atoms with Gasteiger partial charge in [-0.15, -0.1) is 0 Å². The minimum Gasteiger partial charge on any atom is -0.271 e. The molecule has 0 fully saturated rings. The van der Waals surface area contributed by atoms with Crippen LogP contribution in [0.2, 0.25) is 5.02 Å². The lowest BCUT2D eigenvalue weighted by Crippen LogP contribution is -2.29. The topological polar surface area (TPSA) is 38.0 Å². The molecule has 0 saturated carbocycles. The lowest BCUT2D eigenvalue weighted by atomic mass is 9.98. The molecule has 4 heteroatoms. The Morgan fingerprint density at radius 2 is 1.89 bits per heavy atom. The molecular formula is C15H16BrClN2. The van der Waals surface area contributed by atoms with Crippen LogP contribution < -0.4 is 11.3 Å². The molecule has 3 N–H and O–H groups in total. The molecule has 0 saturated heterocycles. The maximum absolute atomic E-state index is 6.10. The van der Waals surface area contributed by atoms with E-state index in [1.54, 1.807) is 0 Å². The number of rotatable bonds is 4. The Bertz CT molecular complexity index is 534. The largest absolute Gasteiger partial charge is 0.271 e.